The van der Waals surface area contributed by atoms with Crippen molar-refractivity contribution in [3.05, 3.63) is 84.1 Å². The van der Waals surface area contributed by atoms with Gasteiger partial charge in [0.25, 0.3) is 0 Å². The molecule has 2 rings (SSSR count). The van der Waals surface area contributed by atoms with Crippen molar-refractivity contribution in [1.29, 1.82) is 0 Å². The first kappa shape index (κ1) is 15.7. The van der Waals surface area contributed by atoms with Crippen LogP contribution in [0.5, 0.6) is 0 Å². The number of benzene rings is 2. The minimum Gasteiger partial charge on any atom is -0.435 e. The monoisotopic (exact) mass is 294 g/mol. The van der Waals surface area contributed by atoms with Gasteiger partial charge in [-0.05, 0) is 12.0 Å². The highest BCUT2D eigenvalue weighted by molar-refractivity contribution is 6.09. The van der Waals surface area contributed by atoms with Crippen molar-refractivity contribution in [2.75, 3.05) is 0 Å². The van der Waals surface area contributed by atoms with Crippen LogP contribution >= 0.6 is 0 Å². The Morgan fingerprint density at radius 1 is 1.05 bits per heavy atom. The maximum absolute atomic E-state index is 12.3. The summed E-state index contributed by atoms with van der Waals surface area (Å²) in [6.45, 7) is 5.31. The highest BCUT2D eigenvalue weighted by atomic mass is 16.5. The SMILES string of the molecule is C=COC(=O)C(CC)c1ccc(C(=O)c2ccccc2)cc1. The lowest BCUT2D eigenvalue weighted by molar-refractivity contribution is -0.139. The van der Waals surface area contributed by atoms with Crippen LogP contribution in [0.2, 0.25) is 0 Å². The molecule has 0 heterocycles. The first-order chi connectivity index (χ1) is 10.7. The summed E-state index contributed by atoms with van der Waals surface area (Å²) in [5.74, 6) is -0.715. The van der Waals surface area contributed by atoms with Gasteiger partial charge in [0, 0.05) is 11.1 Å². The van der Waals surface area contributed by atoms with Crippen LogP contribution in [-0.2, 0) is 9.53 Å². The van der Waals surface area contributed by atoms with Crippen molar-refractivity contribution in [3.63, 3.8) is 0 Å². The van der Waals surface area contributed by atoms with E-state index in [-0.39, 0.29) is 17.7 Å². The molecular weight excluding hydrogens is 276 g/mol. The van der Waals surface area contributed by atoms with Gasteiger partial charge in [0.1, 0.15) is 0 Å². The zero-order valence-electron chi connectivity index (χ0n) is 12.5. The van der Waals surface area contributed by atoms with Gasteiger partial charge in [0.05, 0.1) is 12.2 Å². The fourth-order valence-corrected chi connectivity index (χ4v) is 2.33. The molecule has 0 amide bonds. The van der Waals surface area contributed by atoms with Crippen molar-refractivity contribution in [2.45, 2.75) is 19.3 Å². The Morgan fingerprint density at radius 3 is 2.18 bits per heavy atom. The molecule has 0 aromatic heterocycles. The largest absolute Gasteiger partial charge is 0.435 e. The Labute approximate surface area is 130 Å². The summed E-state index contributed by atoms with van der Waals surface area (Å²) in [5, 5.41) is 0. The van der Waals surface area contributed by atoms with Crippen molar-refractivity contribution in [1.82, 2.24) is 0 Å². The fourth-order valence-electron chi connectivity index (χ4n) is 2.33. The molecule has 2 aromatic carbocycles. The predicted molar refractivity (Wildman–Crippen MR) is 85.6 cm³/mol. The molecule has 0 spiro atoms. The van der Waals surface area contributed by atoms with Gasteiger partial charge in [0.2, 0.25) is 0 Å². The second kappa shape index (κ2) is 7.36. The van der Waals surface area contributed by atoms with E-state index >= 15 is 0 Å². The van der Waals surface area contributed by atoms with E-state index in [4.69, 9.17) is 4.74 Å². The van der Waals surface area contributed by atoms with Gasteiger partial charge in [0.15, 0.2) is 5.78 Å². The minimum absolute atomic E-state index is 0.0335. The first-order valence-electron chi connectivity index (χ1n) is 7.18. The van der Waals surface area contributed by atoms with Crippen LogP contribution < -0.4 is 0 Å². The third kappa shape index (κ3) is 3.50. The maximum atomic E-state index is 12.3. The highest BCUT2D eigenvalue weighted by Crippen LogP contribution is 2.22. The van der Waals surface area contributed by atoms with Gasteiger partial charge in [-0.25, -0.2) is 0 Å². The van der Waals surface area contributed by atoms with E-state index in [0.717, 1.165) is 11.8 Å². The molecule has 0 bridgehead atoms. The van der Waals surface area contributed by atoms with Gasteiger partial charge in [-0.3, -0.25) is 9.59 Å². The topological polar surface area (TPSA) is 43.4 Å². The molecule has 0 N–H and O–H groups in total. The molecule has 0 saturated heterocycles. The van der Waals surface area contributed by atoms with E-state index in [9.17, 15) is 9.59 Å². The number of esters is 1. The number of hydrogen-bond acceptors (Lipinski definition) is 3. The molecular formula is C19H18O3. The molecule has 0 aliphatic carbocycles. The fraction of sp³-hybridized carbons (Fsp3) is 0.158. The smallest absolute Gasteiger partial charge is 0.318 e. The van der Waals surface area contributed by atoms with Gasteiger partial charge in [-0.15, -0.1) is 0 Å². The Bertz CT molecular complexity index is 657. The van der Waals surface area contributed by atoms with E-state index in [1.807, 2.05) is 25.1 Å². The van der Waals surface area contributed by atoms with Crippen LogP contribution in [0.15, 0.2) is 67.4 Å². The summed E-state index contributed by atoms with van der Waals surface area (Å²) >= 11 is 0. The van der Waals surface area contributed by atoms with Gasteiger partial charge in [-0.2, -0.15) is 0 Å². The van der Waals surface area contributed by atoms with Gasteiger partial charge >= 0.3 is 5.97 Å². The number of carbonyl (C=O) groups excluding carboxylic acids is 2. The maximum Gasteiger partial charge on any atom is 0.318 e. The van der Waals surface area contributed by atoms with Gasteiger partial charge < -0.3 is 4.74 Å². The molecule has 0 saturated carbocycles. The molecule has 1 unspecified atom stereocenters. The Balaban J connectivity index is 2.21. The Morgan fingerprint density at radius 2 is 1.64 bits per heavy atom. The molecule has 3 nitrogen and oxygen atoms in total. The van der Waals surface area contributed by atoms with Crippen LogP contribution in [0.3, 0.4) is 0 Å². The Hall–Kier alpha value is -2.68. The van der Waals surface area contributed by atoms with Crippen LogP contribution in [0.1, 0.15) is 40.7 Å². The van der Waals surface area contributed by atoms with E-state index in [0.29, 0.717) is 17.5 Å². The molecule has 1 atom stereocenters. The quantitative estimate of drug-likeness (QED) is 0.458. The summed E-state index contributed by atoms with van der Waals surface area (Å²) < 4.78 is 4.85. The van der Waals surface area contributed by atoms with Crippen LogP contribution in [0.25, 0.3) is 0 Å². The van der Waals surface area contributed by atoms with Crippen LogP contribution in [0, 0.1) is 0 Å². The minimum atomic E-state index is -0.348. The van der Waals surface area contributed by atoms with E-state index in [2.05, 4.69) is 6.58 Å². The van der Waals surface area contributed by atoms with E-state index in [1.54, 1.807) is 36.4 Å². The van der Waals surface area contributed by atoms with Crippen molar-refractivity contribution in [3.8, 4) is 0 Å². The van der Waals surface area contributed by atoms with E-state index < -0.39 is 0 Å². The van der Waals surface area contributed by atoms with E-state index in [1.165, 1.54) is 0 Å². The molecule has 0 aliphatic heterocycles. The molecule has 112 valence electrons. The summed E-state index contributed by atoms with van der Waals surface area (Å²) in [7, 11) is 0. The van der Waals surface area contributed by atoms with Gasteiger partial charge in [-0.1, -0.05) is 68.1 Å². The molecule has 0 radical (unpaired) electrons. The average molecular weight is 294 g/mol. The predicted octanol–water partition coefficient (Wildman–Crippen LogP) is 4.10. The third-order valence-corrected chi connectivity index (χ3v) is 3.50. The highest BCUT2D eigenvalue weighted by Gasteiger charge is 2.20. The first-order valence-corrected chi connectivity index (χ1v) is 7.18. The van der Waals surface area contributed by atoms with Crippen molar-refractivity contribution >= 4 is 11.8 Å². The summed E-state index contributed by atoms with van der Waals surface area (Å²) in [6.07, 6.45) is 1.76. The Kier molecular flexibility index (Phi) is 5.26. The van der Waals surface area contributed by atoms with Crippen LogP contribution in [0.4, 0.5) is 0 Å². The molecule has 3 heteroatoms. The molecule has 22 heavy (non-hydrogen) atoms. The summed E-state index contributed by atoms with van der Waals surface area (Å²) in [5.41, 5.74) is 2.08. The number of ether oxygens (including phenoxy) is 1. The normalized spacial score (nSPS) is 11.5. The number of ketones is 1. The number of rotatable bonds is 6. The van der Waals surface area contributed by atoms with Crippen LogP contribution in [-0.4, -0.2) is 11.8 Å². The lowest BCUT2D eigenvalue weighted by Gasteiger charge is -2.13. The second-order valence-electron chi connectivity index (χ2n) is 4.88. The number of carbonyl (C=O) groups is 2. The standard InChI is InChI=1S/C19H18O3/c1-3-17(19(21)22-4-2)14-10-12-16(13-11-14)18(20)15-8-6-5-7-9-15/h4-13,17H,2-3H2,1H3. The van der Waals surface area contributed by atoms with Crippen molar-refractivity contribution < 1.29 is 14.3 Å². The summed E-state index contributed by atoms with van der Waals surface area (Å²) in [4.78, 5) is 24.2. The zero-order valence-corrected chi connectivity index (χ0v) is 12.5. The third-order valence-electron chi connectivity index (χ3n) is 3.50. The van der Waals surface area contributed by atoms with Crippen molar-refractivity contribution in [2.24, 2.45) is 0 Å². The molecule has 2 aromatic rings. The molecule has 0 aliphatic rings. The summed E-state index contributed by atoms with van der Waals surface area (Å²) in [6, 6.07) is 16.2. The lowest BCUT2D eigenvalue weighted by Crippen LogP contribution is -2.13. The zero-order chi connectivity index (χ0) is 15.9. The lowest BCUT2D eigenvalue weighted by atomic mass is 9.94. The number of hydrogen-bond donors (Lipinski definition) is 0. The molecule has 0 fully saturated rings. The average Bonchev–Trinajstić information content (AvgIpc) is 2.56. The second-order valence-corrected chi connectivity index (χ2v) is 4.88.